The molecule has 0 saturated heterocycles. The molecule has 0 aliphatic carbocycles. The summed E-state index contributed by atoms with van der Waals surface area (Å²) < 4.78 is 21.8. The van der Waals surface area contributed by atoms with Gasteiger partial charge in [-0.1, -0.05) is 7.43 Å². The van der Waals surface area contributed by atoms with E-state index in [0.29, 0.717) is 24.8 Å². The normalized spacial score (nSPS) is 11.2. The van der Waals surface area contributed by atoms with Crippen LogP contribution in [0.4, 0.5) is 0 Å². The fourth-order valence-corrected chi connectivity index (χ4v) is 3.80. The molecular formula is C13H37Cl4KN5O7P2-. The fourth-order valence-electron chi connectivity index (χ4n) is 1.03. The zero-order valence-corrected chi connectivity index (χ0v) is 25.2. The van der Waals surface area contributed by atoms with Crippen molar-refractivity contribution in [3.05, 3.63) is 0 Å². The fraction of sp³-hybridized carbons (Fsp3) is 1.00. The summed E-state index contributed by atoms with van der Waals surface area (Å²) >= 11 is 21.1. The molecule has 0 aliphatic heterocycles. The van der Waals surface area contributed by atoms with Crippen molar-refractivity contribution in [2.24, 2.45) is 5.73 Å². The third kappa shape index (κ3) is 32.9. The van der Waals surface area contributed by atoms with E-state index in [0.717, 1.165) is 0 Å². The number of alkyl halides is 4. The molecule has 32 heavy (non-hydrogen) atoms. The van der Waals surface area contributed by atoms with Crippen LogP contribution in [0.3, 0.4) is 0 Å². The summed E-state index contributed by atoms with van der Waals surface area (Å²) in [5.74, 6) is 1.11. The first-order valence-electron chi connectivity index (χ1n) is 8.42. The molecule has 0 saturated carbocycles. The van der Waals surface area contributed by atoms with Crippen LogP contribution < -0.4 is 82.4 Å². The predicted octanol–water partition coefficient (Wildman–Crippen LogP) is -3.73. The summed E-state index contributed by atoms with van der Waals surface area (Å²) in [6.45, 7) is -0.148. The summed E-state index contributed by atoms with van der Waals surface area (Å²) in [7, 11) is -7.04. The number of hydrogen-bond acceptors (Lipinski definition) is 7. The monoisotopic (exact) mass is 616 g/mol. The Morgan fingerprint density at radius 3 is 1.22 bits per heavy atom. The summed E-state index contributed by atoms with van der Waals surface area (Å²) in [6, 6.07) is 0. The third-order valence-electron chi connectivity index (χ3n) is 2.61. The van der Waals surface area contributed by atoms with Gasteiger partial charge in [0.05, 0.1) is 25.4 Å². The van der Waals surface area contributed by atoms with Crippen LogP contribution in [-0.2, 0) is 9.13 Å². The van der Waals surface area contributed by atoms with Crippen LogP contribution >= 0.6 is 61.7 Å². The summed E-state index contributed by atoms with van der Waals surface area (Å²) in [5.41, 5.74) is 3.94. The predicted molar refractivity (Wildman–Crippen MR) is 128 cm³/mol. The van der Waals surface area contributed by atoms with Crippen LogP contribution in [0.25, 0.3) is 0 Å². The van der Waals surface area contributed by atoms with Gasteiger partial charge in [-0.2, -0.15) is 0 Å². The first kappa shape index (κ1) is 44.8. The molecule has 0 aromatic heterocycles. The van der Waals surface area contributed by atoms with Gasteiger partial charge in [0.1, 0.15) is 7.67 Å². The average molecular weight is 618 g/mol. The number of halogens is 4. The number of nitrogens with one attached hydrogen (secondary N) is 4. The molecule has 0 aliphatic rings. The minimum Gasteiger partial charge on any atom is -1.00 e. The minimum absolute atomic E-state index is 0. The van der Waals surface area contributed by atoms with Crippen molar-refractivity contribution in [3.8, 4) is 0 Å². The van der Waals surface area contributed by atoms with Crippen molar-refractivity contribution in [3.63, 3.8) is 0 Å². The van der Waals surface area contributed by atoms with E-state index in [-0.39, 0.29) is 85.1 Å². The van der Waals surface area contributed by atoms with E-state index in [1.54, 1.807) is 0 Å². The maximum absolute atomic E-state index is 10.9. The molecule has 12 nitrogen and oxygen atoms in total. The first-order chi connectivity index (χ1) is 13.9. The van der Waals surface area contributed by atoms with Crippen molar-refractivity contribution >= 4 is 61.7 Å². The van der Waals surface area contributed by atoms with Gasteiger partial charge in [-0.3, -0.25) is 14.7 Å². The second-order valence-electron chi connectivity index (χ2n) is 5.35. The van der Waals surface area contributed by atoms with Gasteiger partial charge in [0.15, 0.2) is 0 Å². The molecule has 0 aromatic rings. The van der Waals surface area contributed by atoms with Gasteiger partial charge in [0.25, 0.3) is 0 Å². The minimum atomic E-state index is -3.64. The van der Waals surface area contributed by atoms with E-state index in [1.807, 2.05) is 0 Å². The molecule has 196 valence electrons. The number of rotatable bonds is 15. The van der Waals surface area contributed by atoms with E-state index in [2.05, 4.69) is 20.3 Å². The van der Waals surface area contributed by atoms with Crippen LogP contribution in [-0.4, -0.2) is 95.3 Å². The molecule has 10 N–H and O–H groups in total. The molecule has 0 spiro atoms. The van der Waals surface area contributed by atoms with Gasteiger partial charge >= 0.3 is 59.1 Å². The number of nitrogens with two attached hydrogens (primary N) is 1. The van der Waals surface area contributed by atoms with Crippen LogP contribution in [0, 0.1) is 0 Å². The number of aliphatic hydroxyl groups excluding tert-OH is 3. The molecular weight excluding hydrogens is 581 g/mol. The summed E-state index contributed by atoms with van der Waals surface area (Å²) in [6.07, 6.45) is 0. The van der Waals surface area contributed by atoms with Crippen LogP contribution in [0.5, 0.6) is 0 Å². The smallest absolute Gasteiger partial charge is 1.00 e. The first-order valence-corrected chi connectivity index (χ1v) is 13.8. The molecule has 0 heterocycles. The van der Waals surface area contributed by atoms with Gasteiger partial charge in [0, 0.05) is 49.7 Å². The van der Waals surface area contributed by atoms with E-state index in [4.69, 9.17) is 72.4 Å². The Labute approximate surface area is 254 Å². The molecule has 0 amide bonds. The van der Waals surface area contributed by atoms with E-state index >= 15 is 0 Å². The van der Waals surface area contributed by atoms with E-state index < -0.39 is 40.7 Å². The van der Waals surface area contributed by atoms with Crippen molar-refractivity contribution in [1.29, 1.82) is 0 Å². The van der Waals surface area contributed by atoms with Crippen LogP contribution in [0.15, 0.2) is 0 Å². The second-order valence-corrected chi connectivity index (χ2v) is 10.4. The van der Waals surface area contributed by atoms with Gasteiger partial charge < -0.3 is 36.8 Å². The quantitative estimate of drug-likeness (QED) is 0.0493. The Morgan fingerprint density at radius 1 is 0.781 bits per heavy atom. The maximum atomic E-state index is 10.9. The van der Waals surface area contributed by atoms with Gasteiger partial charge in [0.2, 0.25) is 0 Å². The van der Waals surface area contributed by atoms with Gasteiger partial charge in [-0.15, -0.1) is 46.4 Å². The standard InChI is InChI=1S/2C4H11Cl2N2O2P.C4H11NO3.CH4.K.H/c2*5-1-3-7-11(9,10)8-4-2-6;5-4(1-6,2-7)3-8;;;/h2*1-4H2,(H3,7,8,9,10);6-8H,1-3,5H2;1H4;;/q;;;;+1;-1/p-1. The Kier molecular flexibility index (Phi) is 39.8. The van der Waals surface area contributed by atoms with E-state index in [9.17, 15) is 14.0 Å². The van der Waals surface area contributed by atoms with Gasteiger partial charge in [-0.05, 0) is 0 Å². The van der Waals surface area contributed by atoms with Crippen molar-refractivity contribution < 1.29 is 87.0 Å². The zero-order chi connectivity index (χ0) is 24.1. The largest absolute Gasteiger partial charge is 1.00 e. The third-order valence-corrected chi connectivity index (χ3v) is 5.96. The Bertz CT molecular complexity index is 434. The Morgan fingerprint density at radius 2 is 1.03 bits per heavy atom. The molecule has 0 radical (unpaired) electrons. The van der Waals surface area contributed by atoms with E-state index in [1.165, 1.54) is 0 Å². The van der Waals surface area contributed by atoms with Crippen molar-refractivity contribution in [1.82, 2.24) is 20.3 Å². The molecule has 0 rings (SSSR count). The number of hydrogen-bond donors (Lipinski definition) is 9. The van der Waals surface area contributed by atoms with Crippen LogP contribution in [0.1, 0.15) is 8.85 Å². The molecule has 0 aromatic carbocycles. The Balaban J connectivity index is -0.0000000803. The number of aliphatic hydroxyl groups is 3. The molecule has 19 heteroatoms. The SMILES string of the molecule is C.NC(CO)(CO)CO.O=P(O)(NCCCl)NCCCl.O=P([O-])(NCCCl)NCCCl.[H-].[K+]. The van der Waals surface area contributed by atoms with Crippen LogP contribution in [0.2, 0.25) is 0 Å². The second kappa shape index (κ2) is 28.4. The van der Waals surface area contributed by atoms with Gasteiger partial charge in [-0.25, -0.2) is 10.2 Å². The molecule has 0 fully saturated rings. The topological polar surface area (TPSA) is 212 Å². The molecule has 0 atom stereocenters. The zero-order valence-electron chi connectivity index (χ0n) is 18.3. The molecule has 0 unspecified atom stereocenters. The van der Waals surface area contributed by atoms with Crippen molar-refractivity contribution in [2.75, 3.05) is 69.5 Å². The molecule has 0 bridgehead atoms. The summed E-state index contributed by atoms with van der Waals surface area (Å²) in [5, 5.41) is 34.2. The maximum Gasteiger partial charge on any atom is 1.00 e. The Hall–Kier alpha value is 2.86. The summed E-state index contributed by atoms with van der Waals surface area (Å²) in [4.78, 5) is 19.8. The average Bonchev–Trinajstić information content (AvgIpc) is 2.74. The van der Waals surface area contributed by atoms with Crippen molar-refractivity contribution in [2.45, 2.75) is 13.0 Å².